The van der Waals surface area contributed by atoms with Crippen molar-refractivity contribution in [3.05, 3.63) is 119 Å². The SMILES string of the molecule is CCc1nc2ccc(N3CCN(C(=O)C4(NC(=O)OCC5c6ccccc6-c6ccccc65)CC4)CC3)cn2c1N(C)c1nc(-c2ccc(F)cc2)cs1. The first-order chi connectivity index (χ1) is 26.3. The summed E-state index contributed by atoms with van der Waals surface area (Å²) < 4.78 is 21.4. The van der Waals surface area contributed by atoms with Gasteiger partial charge in [-0.05, 0) is 77.9 Å². The summed E-state index contributed by atoms with van der Waals surface area (Å²) in [7, 11) is 2.00. The topological polar surface area (TPSA) is 95.3 Å². The summed E-state index contributed by atoms with van der Waals surface area (Å²) in [5.74, 6) is 0.587. The summed E-state index contributed by atoms with van der Waals surface area (Å²) in [6, 6.07) is 27.0. The first kappa shape index (κ1) is 34.0. The standard InChI is InChI=1S/C42H40FN7O3S/c1-3-35-38(47(2)40-45-36(26-54-40)27-12-14-28(43)15-13-27)50-24-29(16-17-37(50)44-35)48-20-22-49(23-21-48)39(51)42(18-19-42)46-41(52)53-25-34-32-10-6-4-8-30(32)31-9-5-7-11-33(31)34/h4-17,24,26,34H,3,18-23,25H2,1-2H3,(H,46,52). The molecule has 2 aliphatic carbocycles. The molecule has 4 heterocycles. The number of hydrogen-bond acceptors (Lipinski definition) is 8. The number of ether oxygens (including phenoxy) is 1. The number of thiazole rings is 1. The molecule has 9 rings (SSSR count). The summed E-state index contributed by atoms with van der Waals surface area (Å²) in [4.78, 5) is 43.0. The second kappa shape index (κ2) is 13.6. The Labute approximate surface area is 316 Å². The third kappa shape index (κ3) is 6.04. The van der Waals surface area contributed by atoms with Gasteiger partial charge in [-0.3, -0.25) is 9.20 Å². The van der Waals surface area contributed by atoms with Gasteiger partial charge in [0, 0.05) is 56.3 Å². The molecule has 0 radical (unpaired) electrons. The van der Waals surface area contributed by atoms with E-state index in [1.54, 1.807) is 12.1 Å². The van der Waals surface area contributed by atoms with Crippen LogP contribution in [0.25, 0.3) is 28.0 Å². The molecule has 1 saturated carbocycles. The van der Waals surface area contributed by atoms with Crippen LogP contribution in [0.15, 0.2) is 96.5 Å². The number of rotatable bonds is 9. The average Bonchev–Trinajstić information content (AvgIpc) is 3.52. The van der Waals surface area contributed by atoms with E-state index in [0.29, 0.717) is 39.0 Å². The monoisotopic (exact) mass is 741 g/mol. The van der Waals surface area contributed by atoms with E-state index >= 15 is 0 Å². The maximum Gasteiger partial charge on any atom is 0.408 e. The van der Waals surface area contributed by atoms with Gasteiger partial charge in [-0.1, -0.05) is 55.5 Å². The minimum atomic E-state index is -0.900. The number of piperazine rings is 1. The fraction of sp³-hybridized carbons (Fsp3) is 0.286. The maximum absolute atomic E-state index is 13.8. The summed E-state index contributed by atoms with van der Waals surface area (Å²) in [6.45, 7) is 4.72. The first-order valence-corrected chi connectivity index (χ1v) is 19.3. The van der Waals surface area contributed by atoms with Crippen LogP contribution in [-0.2, 0) is 16.0 Å². The van der Waals surface area contributed by atoms with Crippen LogP contribution in [0.1, 0.15) is 42.5 Å². The van der Waals surface area contributed by atoms with E-state index in [9.17, 15) is 14.0 Å². The number of alkyl carbamates (subject to hydrolysis) is 1. The highest BCUT2D eigenvalue weighted by Crippen LogP contribution is 2.45. The van der Waals surface area contributed by atoms with Gasteiger partial charge in [-0.25, -0.2) is 19.2 Å². The number of pyridine rings is 1. The Morgan fingerprint density at radius 2 is 1.61 bits per heavy atom. The van der Waals surface area contributed by atoms with Crippen molar-refractivity contribution in [1.82, 2.24) is 24.6 Å². The van der Waals surface area contributed by atoms with Crippen molar-refractivity contribution >= 4 is 45.6 Å². The Balaban J connectivity index is 0.846. The average molecular weight is 742 g/mol. The Bertz CT molecular complexity index is 2330. The van der Waals surface area contributed by atoms with Crippen molar-refractivity contribution in [2.24, 2.45) is 0 Å². The number of nitrogens with zero attached hydrogens (tertiary/aromatic N) is 6. The molecule has 0 spiro atoms. The molecule has 3 aromatic heterocycles. The number of fused-ring (bicyclic) bond motifs is 4. The number of imidazole rings is 1. The van der Waals surface area contributed by atoms with Crippen LogP contribution in [0.4, 0.5) is 25.8 Å². The van der Waals surface area contributed by atoms with Crippen molar-refractivity contribution in [3.63, 3.8) is 0 Å². The van der Waals surface area contributed by atoms with Crippen molar-refractivity contribution < 1.29 is 18.7 Å². The normalized spacial score (nSPS) is 15.9. The molecular weight excluding hydrogens is 702 g/mol. The van der Waals surface area contributed by atoms with E-state index in [2.05, 4.69) is 63.0 Å². The second-order valence-electron chi connectivity index (χ2n) is 14.2. The zero-order valence-corrected chi connectivity index (χ0v) is 31.0. The minimum Gasteiger partial charge on any atom is -0.449 e. The number of carbonyl (C=O) groups excluding carboxylic acids is 2. The largest absolute Gasteiger partial charge is 0.449 e. The third-order valence-electron chi connectivity index (χ3n) is 11.0. The number of amides is 2. The molecule has 1 saturated heterocycles. The van der Waals surface area contributed by atoms with Gasteiger partial charge in [0.05, 0.1) is 17.1 Å². The number of aryl methyl sites for hydroxylation is 1. The quantitative estimate of drug-likeness (QED) is 0.163. The van der Waals surface area contributed by atoms with Crippen LogP contribution in [0.2, 0.25) is 0 Å². The highest BCUT2D eigenvalue weighted by Gasteiger charge is 2.53. The summed E-state index contributed by atoms with van der Waals surface area (Å²) in [6.07, 6.45) is 3.52. The smallest absolute Gasteiger partial charge is 0.408 e. The van der Waals surface area contributed by atoms with Gasteiger partial charge >= 0.3 is 6.09 Å². The van der Waals surface area contributed by atoms with Crippen LogP contribution in [0.5, 0.6) is 0 Å². The van der Waals surface area contributed by atoms with Crippen LogP contribution in [0, 0.1) is 5.82 Å². The van der Waals surface area contributed by atoms with E-state index in [1.807, 2.05) is 47.7 Å². The molecule has 12 heteroatoms. The summed E-state index contributed by atoms with van der Waals surface area (Å²) >= 11 is 1.53. The van der Waals surface area contributed by atoms with Crippen LogP contribution >= 0.6 is 11.3 Å². The molecule has 1 N–H and O–H groups in total. The molecule has 2 fully saturated rings. The van der Waals surface area contributed by atoms with Gasteiger partial charge in [0.1, 0.15) is 29.4 Å². The van der Waals surface area contributed by atoms with Gasteiger partial charge in [0.25, 0.3) is 0 Å². The molecule has 3 aromatic carbocycles. The molecule has 0 unspecified atom stereocenters. The van der Waals surface area contributed by atoms with Gasteiger partial charge in [-0.15, -0.1) is 11.3 Å². The predicted molar refractivity (Wildman–Crippen MR) is 209 cm³/mol. The van der Waals surface area contributed by atoms with Gasteiger partial charge in [0.2, 0.25) is 5.91 Å². The van der Waals surface area contributed by atoms with E-state index < -0.39 is 11.6 Å². The molecule has 54 heavy (non-hydrogen) atoms. The number of aromatic nitrogens is 3. The van der Waals surface area contributed by atoms with Crippen LogP contribution in [-0.4, -0.2) is 76.6 Å². The number of nitrogens with one attached hydrogen (secondary N) is 1. The molecule has 0 bridgehead atoms. The summed E-state index contributed by atoms with van der Waals surface area (Å²) in [5.41, 5.74) is 8.25. The molecule has 6 aromatic rings. The Hall–Kier alpha value is -5.75. The highest BCUT2D eigenvalue weighted by molar-refractivity contribution is 7.14. The fourth-order valence-corrected chi connectivity index (χ4v) is 8.73. The zero-order chi connectivity index (χ0) is 37.0. The fourth-order valence-electron chi connectivity index (χ4n) is 7.93. The lowest BCUT2D eigenvalue weighted by Crippen LogP contribution is -2.56. The lowest BCUT2D eigenvalue weighted by molar-refractivity contribution is -0.134. The number of benzene rings is 3. The maximum atomic E-state index is 13.8. The summed E-state index contributed by atoms with van der Waals surface area (Å²) in [5, 5.41) is 5.74. The lowest BCUT2D eigenvalue weighted by Gasteiger charge is -2.37. The van der Waals surface area contributed by atoms with Crippen LogP contribution < -0.4 is 15.1 Å². The Morgan fingerprint density at radius 1 is 0.926 bits per heavy atom. The van der Waals surface area contributed by atoms with Gasteiger partial charge in [0.15, 0.2) is 5.13 Å². The third-order valence-corrected chi connectivity index (χ3v) is 11.9. The van der Waals surface area contributed by atoms with Crippen molar-refractivity contribution in [2.75, 3.05) is 49.6 Å². The number of anilines is 3. The highest BCUT2D eigenvalue weighted by atomic mass is 32.1. The Kier molecular flexibility index (Phi) is 8.57. The molecule has 2 amide bonds. The van der Waals surface area contributed by atoms with Gasteiger partial charge in [-0.2, -0.15) is 0 Å². The molecule has 3 aliphatic rings. The van der Waals surface area contributed by atoms with E-state index in [1.165, 1.54) is 34.6 Å². The number of carbonyl (C=O) groups is 2. The van der Waals surface area contributed by atoms with Crippen LogP contribution in [0.3, 0.4) is 0 Å². The molecule has 10 nitrogen and oxygen atoms in total. The second-order valence-corrected chi connectivity index (χ2v) is 15.1. The zero-order valence-electron chi connectivity index (χ0n) is 30.2. The molecule has 274 valence electrons. The van der Waals surface area contributed by atoms with Crippen molar-refractivity contribution in [1.29, 1.82) is 0 Å². The molecule has 1 aliphatic heterocycles. The Morgan fingerprint density at radius 3 is 2.28 bits per heavy atom. The predicted octanol–water partition coefficient (Wildman–Crippen LogP) is 7.65. The van der Waals surface area contributed by atoms with Gasteiger partial charge < -0.3 is 24.8 Å². The minimum absolute atomic E-state index is 0.0401. The number of halogens is 1. The van der Waals surface area contributed by atoms with Crippen molar-refractivity contribution in [3.8, 4) is 22.4 Å². The molecule has 0 atom stereocenters. The lowest BCUT2D eigenvalue weighted by atomic mass is 9.98. The number of hydrogen-bond donors (Lipinski definition) is 1. The van der Waals surface area contributed by atoms with Crippen molar-refractivity contribution in [2.45, 2.75) is 37.6 Å². The van der Waals surface area contributed by atoms with E-state index in [0.717, 1.165) is 56.8 Å². The first-order valence-electron chi connectivity index (χ1n) is 18.5. The van der Waals surface area contributed by atoms with E-state index in [-0.39, 0.29) is 24.2 Å². The molecular formula is C42H40FN7O3S. The van der Waals surface area contributed by atoms with E-state index in [4.69, 9.17) is 14.7 Å².